The summed E-state index contributed by atoms with van der Waals surface area (Å²) in [6, 6.07) is 5.26. The quantitative estimate of drug-likeness (QED) is 0.883. The van der Waals surface area contributed by atoms with E-state index in [-0.39, 0.29) is 30.7 Å². The topological polar surface area (TPSA) is 76.7 Å². The Balaban J connectivity index is 1.47. The van der Waals surface area contributed by atoms with E-state index >= 15 is 0 Å². The lowest BCUT2D eigenvalue weighted by molar-refractivity contribution is -0.124. The first-order valence-corrected chi connectivity index (χ1v) is 9.20. The Morgan fingerprint density at radius 1 is 1.08 bits per heavy atom. The lowest BCUT2D eigenvalue weighted by Crippen LogP contribution is -2.58. The van der Waals surface area contributed by atoms with Gasteiger partial charge in [-0.25, -0.2) is 0 Å². The second kappa shape index (κ2) is 6.94. The molecule has 2 unspecified atom stereocenters. The van der Waals surface area contributed by atoms with Gasteiger partial charge in [0.25, 0.3) is 5.91 Å². The molecule has 0 aromatic heterocycles. The van der Waals surface area contributed by atoms with Gasteiger partial charge in [0.2, 0.25) is 12.7 Å². The molecule has 6 heteroatoms. The lowest BCUT2D eigenvalue weighted by Gasteiger charge is -2.39. The third-order valence-electron chi connectivity index (χ3n) is 5.55. The molecule has 134 valence electrons. The molecule has 1 aromatic rings. The van der Waals surface area contributed by atoms with Gasteiger partial charge < -0.3 is 20.1 Å². The number of hydrogen-bond acceptors (Lipinski definition) is 4. The molecule has 25 heavy (non-hydrogen) atoms. The lowest BCUT2D eigenvalue weighted by atomic mass is 9.78. The number of ether oxygens (including phenoxy) is 2. The van der Waals surface area contributed by atoms with Gasteiger partial charge in [0.1, 0.15) is 0 Å². The fourth-order valence-corrected chi connectivity index (χ4v) is 4.22. The maximum atomic E-state index is 12.7. The van der Waals surface area contributed by atoms with Crippen LogP contribution < -0.4 is 20.1 Å². The van der Waals surface area contributed by atoms with E-state index in [2.05, 4.69) is 10.6 Å². The zero-order chi connectivity index (χ0) is 17.2. The molecule has 0 radical (unpaired) electrons. The normalized spacial score (nSPS) is 26.2. The molecule has 0 bridgehead atoms. The zero-order valence-electron chi connectivity index (χ0n) is 14.3. The van der Waals surface area contributed by atoms with Gasteiger partial charge in [0.05, 0.1) is 12.1 Å². The van der Waals surface area contributed by atoms with E-state index < -0.39 is 0 Å². The number of fused-ring (bicyclic) bond motifs is 1. The summed E-state index contributed by atoms with van der Waals surface area (Å²) >= 11 is 0. The third kappa shape index (κ3) is 3.43. The van der Waals surface area contributed by atoms with Crippen molar-refractivity contribution in [3.63, 3.8) is 0 Å². The van der Waals surface area contributed by atoms with E-state index in [4.69, 9.17) is 9.47 Å². The maximum Gasteiger partial charge on any atom is 0.251 e. The monoisotopic (exact) mass is 344 g/mol. The van der Waals surface area contributed by atoms with Crippen LogP contribution in [0.25, 0.3) is 0 Å². The fourth-order valence-electron chi connectivity index (χ4n) is 4.22. The van der Waals surface area contributed by atoms with E-state index in [1.54, 1.807) is 18.2 Å². The number of rotatable bonds is 3. The van der Waals surface area contributed by atoms with Gasteiger partial charge in [0.15, 0.2) is 11.5 Å². The summed E-state index contributed by atoms with van der Waals surface area (Å²) in [5, 5.41) is 6.28. The highest BCUT2D eigenvalue weighted by molar-refractivity contribution is 5.95. The SMILES string of the molecule is O=C1CCC(NC(=O)c2ccc3c(c2)OCO3)C(C2CCCCC2)N1. The highest BCUT2D eigenvalue weighted by Crippen LogP contribution is 2.33. The van der Waals surface area contributed by atoms with Gasteiger partial charge in [-0.15, -0.1) is 0 Å². The Morgan fingerprint density at radius 2 is 1.88 bits per heavy atom. The first kappa shape index (κ1) is 16.2. The molecule has 3 aliphatic rings. The van der Waals surface area contributed by atoms with Gasteiger partial charge in [-0.05, 0) is 43.4 Å². The van der Waals surface area contributed by atoms with Crippen LogP contribution in [0.3, 0.4) is 0 Å². The van der Waals surface area contributed by atoms with Gasteiger partial charge in [-0.2, -0.15) is 0 Å². The third-order valence-corrected chi connectivity index (χ3v) is 5.55. The largest absolute Gasteiger partial charge is 0.454 e. The molecule has 2 heterocycles. The van der Waals surface area contributed by atoms with Crippen molar-refractivity contribution in [2.45, 2.75) is 57.0 Å². The highest BCUT2D eigenvalue weighted by Gasteiger charge is 2.36. The second-order valence-corrected chi connectivity index (χ2v) is 7.18. The Morgan fingerprint density at radius 3 is 2.72 bits per heavy atom. The molecule has 1 saturated heterocycles. The summed E-state index contributed by atoms with van der Waals surface area (Å²) in [6.45, 7) is 0.193. The molecule has 1 aromatic carbocycles. The number of carbonyl (C=O) groups excluding carboxylic acids is 2. The van der Waals surface area contributed by atoms with Crippen molar-refractivity contribution < 1.29 is 19.1 Å². The van der Waals surface area contributed by atoms with Gasteiger partial charge >= 0.3 is 0 Å². The molecule has 0 spiro atoms. The molecule has 1 saturated carbocycles. The first-order chi connectivity index (χ1) is 12.2. The van der Waals surface area contributed by atoms with Crippen LogP contribution in [-0.2, 0) is 4.79 Å². The van der Waals surface area contributed by atoms with E-state index in [1.165, 1.54) is 19.3 Å². The summed E-state index contributed by atoms with van der Waals surface area (Å²) < 4.78 is 10.6. The standard InChI is InChI=1S/C19H24N2O4/c22-17-9-7-14(18(21-17)12-4-2-1-3-5-12)20-19(23)13-6-8-15-16(10-13)25-11-24-15/h6,8,10,12,14,18H,1-5,7,9,11H2,(H,20,23)(H,21,22). The summed E-state index contributed by atoms with van der Waals surface area (Å²) in [5.74, 6) is 1.71. The van der Waals surface area contributed by atoms with Crippen molar-refractivity contribution in [1.29, 1.82) is 0 Å². The van der Waals surface area contributed by atoms with E-state index in [0.717, 1.165) is 12.8 Å². The first-order valence-electron chi connectivity index (χ1n) is 9.20. The minimum Gasteiger partial charge on any atom is -0.454 e. The minimum atomic E-state index is -0.125. The van der Waals surface area contributed by atoms with E-state index in [0.29, 0.717) is 35.8 Å². The van der Waals surface area contributed by atoms with Crippen LogP contribution in [0.2, 0.25) is 0 Å². The van der Waals surface area contributed by atoms with E-state index in [9.17, 15) is 9.59 Å². The van der Waals surface area contributed by atoms with Crippen LogP contribution in [0.4, 0.5) is 0 Å². The Hall–Kier alpha value is -2.24. The molecular weight excluding hydrogens is 320 g/mol. The zero-order valence-corrected chi connectivity index (χ0v) is 14.3. The molecular formula is C19H24N2O4. The predicted molar refractivity (Wildman–Crippen MR) is 91.6 cm³/mol. The number of benzene rings is 1. The molecule has 2 amide bonds. The van der Waals surface area contributed by atoms with Gasteiger partial charge in [0, 0.05) is 12.0 Å². The molecule has 2 aliphatic heterocycles. The van der Waals surface area contributed by atoms with Crippen LogP contribution in [0, 0.1) is 5.92 Å². The van der Waals surface area contributed by atoms with E-state index in [1.807, 2.05) is 0 Å². The summed E-state index contributed by atoms with van der Waals surface area (Å²) in [5.41, 5.74) is 0.559. The second-order valence-electron chi connectivity index (χ2n) is 7.18. The highest BCUT2D eigenvalue weighted by atomic mass is 16.7. The minimum absolute atomic E-state index is 0.0151. The van der Waals surface area contributed by atoms with Gasteiger partial charge in [-0.1, -0.05) is 19.3 Å². The van der Waals surface area contributed by atoms with Crippen molar-refractivity contribution in [1.82, 2.24) is 10.6 Å². The van der Waals surface area contributed by atoms with Crippen LogP contribution in [0.15, 0.2) is 18.2 Å². The summed E-state index contributed by atoms with van der Waals surface area (Å²) in [6.07, 6.45) is 7.10. The summed E-state index contributed by atoms with van der Waals surface area (Å²) in [7, 11) is 0. The Kier molecular flexibility index (Phi) is 4.51. The van der Waals surface area contributed by atoms with Crippen LogP contribution >= 0.6 is 0 Å². The van der Waals surface area contributed by atoms with Gasteiger partial charge in [-0.3, -0.25) is 9.59 Å². The van der Waals surface area contributed by atoms with Crippen molar-refractivity contribution in [3.05, 3.63) is 23.8 Å². The van der Waals surface area contributed by atoms with Crippen molar-refractivity contribution in [2.24, 2.45) is 5.92 Å². The number of piperidine rings is 1. The summed E-state index contributed by atoms with van der Waals surface area (Å²) in [4.78, 5) is 24.6. The average Bonchev–Trinajstić information content (AvgIpc) is 3.11. The number of nitrogens with one attached hydrogen (secondary N) is 2. The number of amides is 2. The van der Waals surface area contributed by atoms with Crippen molar-refractivity contribution >= 4 is 11.8 Å². The van der Waals surface area contributed by atoms with Crippen molar-refractivity contribution in [3.8, 4) is 11.5 Å². The molecule has 2 N–H and O–H groups in total. The van der Waals surface area contributed by atoms with Crippen LogP contribution in [-0.4, -0.2) is 30.7 Å². The van der Waals surface area contributed by atoms with Crippen molar-refractivity contribution in [2.75, 3.05) is 6.79 Å². The van der Waals surface area contributed by atoms with Crippen LogP contribution in [0.1, 0.15) is 55.3 Å². The molecule has 2 atom stereocenters. The maximum absolute atomic E-state index is 12.7. The Labute approximate surface area is 147 Å². The fraction of sp³-hybridized carbons (Fsp3) is 0.579. The molecule has 1 aliphatic carbocycles. The molecule has 6 nitrogen and oxygen atoms in total. The number of hydrogen-bond donors (Lipinski definition) is 2. The predicted octanol–water partition coefficient (Wildman–Crippen LogP) is 2.37. The van der Waals surface area contributed by atoms with Crippen LogP contribution in [0.5, 0.6) is 11.5 Å². The number of carbonyl (C=O) groups is 2. The average molecular weight is 344 g/mol. The molecule has 4 rings (SSSR count). The molecule has 2 fully saturated rings. The Bertz CT molecular complexity index is 669. The smallest absolute Gasteiger partial charge is 0.251 e.